The summed E-state index contributed by atoms with van der Waals surface area (Å²) in [5, 5.41) is 6.10. The molecule has 8 nitrogen and oxygen atoms in total. The number of rotatable bonds is 5. The van der Waals surface area contributed by atoms with Crippen molar-refractivity contribution in [3.05, 3.63) is 50.1 Å². The van der Waals surface area contributed by atoms with Crippen molar-refractivity contribution in [1.29, 1.82) is 0 Å². The second kappa shape index (κ2) is 8.20. The second-order valence-corrected chi connectivity index (χ2v) is 6.98. The molecule has 2 amide bonds. The Morgan fingerprint density at radius 2 is 2.04 bits per heavy atom. The largest absolute Gasteiger partial charge is 0.463 e. The molecule has 1 unspecified atom stereocenters. The monoisotopic (exact) mass is 424 g/mol. The van der Waals surface area contributed by atoms with Crippen LogP contribution in [0.2, 0.25) is 10.0 Å². The molecule has 2 aromatic rings. The number of halogens is 2. The summed E-state index contributed by atoms with van der Waals surface area (Å²) in [5.41, 5.74) is 0.490. The van der Waals surface area contributed by atoms with E-state index in [4.69, 9.17) is 27.9 Å². The Morgan fingerprint density at radius 3 is 2.71 bits per heavy atom. The fraction of sp³-hybridized carbons (Fsp3) is 0.333. The van der Waals surface area contributed by atoms with Gasteiger partial charge in [0.15, 0.2) is 0 Å². The number of hydrogen-bond donors (Lipinski definition) is 2. The van der Waals surface area contributed by atoms with E-state index in [0.717, 1.165) is 0 Å². The standard InChI is InChI=1S/C18H18Cl2N4O4/c1-3-12-14(17(26)28-4-2)13(23-18(27)22-12)7-24-8-21-15-10(16(24)25)5-9(19)6-11(15)20/h5-6,8,12H,3-4,7H2,1-2H3,(H2,22,23,27). The average molecular weight is 425 g/mol. The zero-order valence-electron chi connectivity index (χ0n) is 15.2. The number of hydrogen-bond acceptors (Lipinski definition) is 5. The Balaban J connectivity index is 2.11. The van der Waals surface area contributed by atoms with Crippen molar-refractivity contribution in [3.8, 4) is 0 Å². The zero-order valence-corrected chi connectivity index (χ0v) is 16.7. The molecule has 1 aliphatic heterocycles. The quantitative estimate of drug-likeness (QED) is 0.718. The molecule has 148 valence electrons. The highest BCUT2D eigenvalue weighted by Gasteiger charge is 2.31. The number of nitrogens with zero attached hydrogens (tertiary/aromatic N) is 2. The number of carbonyl (C=O) groups excluding carboxylic acids is 2. The van der Waals surface area contributed by atoms with Crippen LogP contribution in [0.3, 0.4) is 0 Å². The van der Waals surface area contributed by atoms with Crippen LogP contribution in [-0.2, 0) is 16.1 Å². The van der Waals surface area contributed by atoms with Gasteiger partial charge in [-0.1, -0.05) is 30.1 Å². The van der Waals surface area contributed by atoms with Crippen LogP contribution in [0.15, 0.2) is 34.5 Å². The summed E-state index contributed by atoms with van der Waals surface area (Å²) >= 11 is 12.1. The first-order valence-corrected chi connectivity index (χ1v) is 9.43. The smallest absolute Gasteiger partial charge is 0.337 e. The van der Waals surface area contributed by atoms with Gasteiger partial charge in [0.05, 0.1) is 52.7 Å². The molecule has 1 aromatic heterocycles. The maximum Gasteiger partial charge on any atom is 0.337 e. The normalized spacial score (nSPS) is 16.7. The van der Waals surface area contributed by atoms with E-state index < -0.39 is 23.6 Å². The number of urea groups is 1. The first-order valence-electron chi connectivity index (χ1n) is 8.67. The number of allylic oxidation sites excluding steroid dienone is 1. The van der Waals surface area contributed by atoms with Gasteiger partial charge in [0.1, 0.15) is 0 Å². The molecule has 0 spiro atoms. The SMILES string of the molecule is CCOC(=O)C1=C(Cn2cnc3c(Cl)cc(Cl)cc3c2=O)NC(=O)NC1CC. The lowest BCUT2D eigenvalue weighted by molar-refractivity contribution is -0.139. The van der Waals surface area contributed by atoms with Crippen LogP contribution in [-0.4, -0.2) is 34.2 Å². The first kappa shape index (κ1) is 20.2. The summed E-state index contributed by atoms with van der Waals surface area (Å²) in [6.45, 7) is 3.65. The second-order valence-electron chi connectivity index (χ2n) is 6.13. The Labute approximate surface area is 170 Å². The highest BCUT2D eigenvalue weighted by molar-refractivity contribution is 6.38. The van der Waals surface area contributed by atoms with Gasteiger partial charge in [-0.15, -0.1) is 0 Å². The number of fused-ring (bicyclic) bond motifs is 1. The molecule has 0 radical (unpaired) electrons. The fourth-order valence-corrected chi connectivity index (χ4v) is 3.61. The lowest BCUT2D eigenvalue weighted by atomic mass is 10.00. The molecule has 2 N–H and O–H groups in total. The Bertz CT molecular complexity index is 1050. The molecule has 3 rings (SSSR count). The van der Waals surface area contributed by atoms with Crippen molar-refractivity contribution in [2.45, 2.75) is 32.9 Å². The molecular formula is C18H18Cl2N4O4. The van der Waals surface area contributed by atoms with E-state index in [9.17, 15) is 14.4 Å². The molecule has 0 saturated carbocycles. The van der Waals surface area contributed by atoms with Crippen molar-refractivity contribution in [2.75, 3.05) is 6.61 Å². The van der Waals surface area contributed by atoms with Gasteiger partial charge in [0, 0.05) is 5.02 Å². The fourth-order valence-electron chi connectivity index (χ4n) is 3.06. The minimum absolute atomic E-state index is 0.0655. The zero-order chi connectivity index (χ0) is 20.4. The minimum Gasteiger partial charge on any atom is -0.463 e. The summed E-state index contributed by atoms with van der Waals surface area (Å²) in [7, 11) is 0. The van der Waals surface area contributed by atoms with Crippen molar-refractivity contribution in [3.63, 3.8) is 0 Å². The van der Waals surface area contributed by atoms with Crippen LogP contribution < -0.4 is 16.2 Å². The number of amides is 2. The van der Waals surface area contributed by atoms with Crippen molar-refractivity contribution in [1.82, 2.24) is 20.2 Å². The molecule has 28 heavy (non-hydrogen) atoms. The molecule has 1 atom stereocenters. The molecule has 1 aliphatic rings. The van der Waals surface area contributed by atoms with Crippen molar-refractivity contribution >= 4 is 46.1 Å². The third-order valence-corrected chi connectivity index (χ3v) is 4.83. The third-order valence-electron chi connectivity index (χ3n) is 4.32. The number of carbonyl (C=O) groups is 2. The van der Waals surface area contributed by atoms with Gasteiger partial charge in [0.25, 0.3) is 5.56 Å². The van der Waals surface area contributed by atoms with Crippen LogP contribution in [0.1, 0.15) is 20.3 Å². The predicted octanol–water partition coefficient (Wildman–Crippen LogP) is 2.61. The van der Waals surface area contributed by atoms with E-state index in [1.54, 1.807) is 6.92 Å². The summed E-state index contributed by atoms with van der Waals surface area (Å²) < 4.78 is 6.40. The maximum atomic E-state index is 12.9. The molecule has 0 bridgehead atoms. The van der Waals surface area contributed by atoms with E-state index in [2.05, 4.69) is 15.6 Å². The molecule has 1 aromatic carbocycles. The number of benzene rings is 1. The van der Waals surface area contributed by atoms with Gasteiger partial charge >= 0.3 is 12.0 Å². The number of aromatic nitrogens is 2. The van der Waals surface area contributed by atoms with Gasteiger partial charge in [-0.05, 0) is 25.5 Å². The van der Waals surface area contributed by atoms with Gasteiger partial charge in [-0.25, -0.2) is 14.6 Å². The lowest BCUT2D eigenvalue weighted by Gasteiger charge is -2.28. The lowest BCUT2D eigenvalue weighted by Crippen LogP contribution is -2.51. The van der Waals surface area contributed by atoms with E-state index in [-0.39, 0.29) is 34.8 Å². The number of nitrogens with one attached hydrogen (secondary N) is 2. The highest BCUT2D eigenvalue weighted by atomic mass is 35.5. The van der Waals surface area contributed by atoms with Crippen LogP contribution in [0, 0.1) is 0 Å². The van der Waals surface area contributed by atoms with Crippen LogP contribution in [0.5, 0.6) is 0 Å². The van der Waals surface area contributed by atoms with Gasteiger partial charge < -0.3 is 15.4 Å². The van der Waals surface area contributed by atoms with Crippen LogP contribution >= 0.6 is 23.2 Å². The van der Waals surface area contributed by atoms with Gasteiger partial charge in [-0.3, -0.25) is 9.36 Å². The summed E-state index contributed by atoms with van der Waals surface area (Å²) in [5.74, 6) is -0.551. The van der Waals surface area contributed by atoms with Crippen molar-refractivity contribution in [2.24, 2.45) is 0 Å². The number of ether oxygens (including phenoxy) is 1. The molecule has 10 heteroatoms. The molecular weight excluding hydrogens is 407 g/mol. The molecule has 0 saturated heterocycles. The third kappa shape index (κ3) is 3.83. The number of esters is 1. The van der Waals surface area contributed by atoms with Crippen molar-refractivity contribution < 1.29 is 14.3 Å². The Morgan fingerprint density at radius 1 is 1.29 bits per heavy atom. The molecule has 0 fully saturated rings. The first-order chi connectivity index (χ1) is 13.3. The predicted molar refractivity (Wildman–Crippen MR) is 105 cm³/mol. The summed E-state index contributed by atoms with van der Waals surface area (Å²) in [4.78, 5) is 41.5. The minimum atomic E-state index is -0.551. The summed E-state index contributed by atoms with van der Waals surface area (Å²) in [6.07, 6.45) is 1.80. The van der Waals surface area contributed by atoms with Gasteiger partial charge in [0.2, 0.25) is 0 Å². The van der Waals surface area contributed by atoms with Gasteiger partial charge in [-0.2, -0.15) is 0 Å². The maximum absolute atomic E-state index is 12.9. The molecule has 2 heterocycles. The molecule has 0 aliphatic carbocycles. The highest BCUT2D eigenvalue weighted by Crippen LogP contribution is 2.24. The Kier molecular flexibility index (Phi) is 5.90. The topological polar surface area (TPSA) is 102 Å². The van der Waals surface area contributed by atoms with E-state index in [1.807, 2.05) is 6.92 Å². The van der Waals surface area contributed by atoms with E-state index in [0.29, 0.717) is 17.0 Å². The van der Waals surface area contributed by atoms with E-state index in [1.165, 1.54) is 23.0 Å². The van der Waals surface area contributed by atoms with E-state index >= 15 is 0 Å². The average Bonchev–Trinajstić information content (AvgIpc) is 2.64. The van der Waals surface area contributed by atoms with Crippen LogP contribution in [0.25, 0.3) is 10.9 Å². The summed E-state index contributed by atoms with van der Waals surface area (Å²) in [6, 6.07) is 2.01. The van der Waals surface area contributed by atoms with Crippen LogP contribution in [0.4, 0.5) is 4.79 Å². The Hall–Kier alpha value is -2.58.